The van der Waals surface area contributed by atoms with Crippen LogP contribution < -0.4 is 10.6 Å². The second-order valence-corrected chi connectivity index (χ2v) is 6.92. The van der Waals surface area contributed by atoms with E-state index in [1.54, 1.807) is 20.8 Å². The number of nitro groups is 1. The molecular weight excluding hydrogens is 312 g/mol. The fraction of sp³-hybridized carbons (Fsp3) is 0.625. The molecule has 8 nitrogen and oxygen atoms in total. The SMILES string of the molecule is CC(C)(C)OC(=O)N[C@H]1CCCC[C@H]1Nc1ncccc1[N+](=O)[O-]. The van der Waals surface area contributed by atoms with Crippen molar-refractivity contribution in [2.45, 2.75) is 64.1 Å². The predicted octanol–water partition coefficient (Wildman–Crippen LogP) is 3.24. The lowest BCUT2D eigenvalue weighted by Gasteiger charge is -2.33. The predicted molar refractivity (Wildman–Crippen MR) is 89.9 cm³/mol. The van der Waals surface area contributed by atoms with Gasteiger partial charge in [0.25, 0.3) is 0 Å². The standard InChI is InChI=1S/C16H24N4O4/c1-16(2,3)24-15(21)19-12-8-5-4-7-11(12)18-14-13(20(22)23)9-6-10-17-14/h6,9-12H,4-5,7-8H2,1-3H3,(H,17,18)(H,19,21)/t11-,12+/m1/s1. The smallest absolute Gasteiger partial charge is 0.407 e. The molecule has 1 aromatic rings. The highest BCUT2D eigenvalue weighted by atomic mass is 16.6. The van der Waals surface area contributed by atoms with E-state index in [1.165, 1.54) is 18.3 Å². The van der Waals surface area contributed by atoms with Gasteiger partial charge in [-0.1, -0.05) is 12.8 Å². The fourth-order valence-corrected chi connectivity index (χ4v) is 2.77. The average Bonchev–Trinajstić information content (AvgIpc) is 2.47. The highest BCUT2D eigenvalue weighted by molar-refractivity contribution is 5.68. The maximum atomic E-state index is 12.0. The van der Waals surface area contributed by atoms with Crippen molar-refractivity contribution in [2.24, 2.45) is 0 Å². The van der Waals surface area contributed by atoms with Crippen molar-refractivity contribution in [2.75, 3.05) is 5.32 Å². The number of anilines is 1. The summed E-state index contributed by atoms with van der Waals surface area (Å²) < 4.78 is 5.30. The summed E-state index contributed by atoms with van der Waals surface area (Å²) in [6.07, 6.45) is 4.60. The molecule has 0 spiro atoms. The molecule has 1 aliphatic rings. The molecule has 1 aliphatic carbocycles. The van der Waals surface area contributed by atoms with Gasteiger partial charge >= 0.3 is 11.8 Å². The zero-order chi connectivity index (χ0) is 17.7. The third kappa shape index (κ3) is 5.07. The van der Waals surface area contributed by atoms with Gasteiger partial charge in [0.1, 0.15) is 5.60 Å². The van der Waals surface area contributed by atoms with Gasteiger partial charge in [0.05, 0.1) is 11.0 Å². The van der Waals surface area contributed by atoms with Crippen LogP contribution in [0.3, 0.4) is 0 Å². The molecule has 0 bridgehead atoms. The van der Waals surface area contributed by atoms with Crippen molar-refractivity contribution < 1.29 is 14.5 Å². The Morgan fingerprint density at radius 2 is 2.00 bits per heavy atom. The normalized spacial score (nSPS) is 21.0. The van der Waals surface area contributed by atoms with Crippen molar-refractivity contribution in [1.82, 2.24) is 10.3 Å². The van der Waals surface area contributed by atoms with E-state index in [0.29, 0.717) is 0 Å². The van der Waals surface area contributed by atoms with Gasteiger partial charge in [-0.3, -0.25) is 10.1 Å². The number of rotatable bonds is 4. The Morgan fingerprint density at radius 1 is 1.33 bits per heavy atom. The lowest BCUT2D eigenvalue weighted by molar-refractivity contribution is -0.384. The summed E-state index contributed by atoms with van der Waals surface area (Å²) >= 11 is 0. The molecule has 1 fully saturated rings. The minimum atomic E-state index is -0.568. The largest absolute Gasteiger partial charge is 0.444 e. The summed E-state index contributed by atoms with van der Waals surface area (Å²) in [5, 5.41) is 17.1. The number of nitrogens with zero attached hydrogens (tertiary/aromatic N) is 2. The van der Waals surface area contributed by atoms with Gasteiger partial charge in [-0.25, -0.2) is 9.78 Å². The highest BCUT2D eigenvalue weighted by Crippen LogP contribution is 2.26. The minimum Gasteiger partial charge on any atom is -0.444 e. The van der Waals surface area contributed by atoms with E-state index in [0.717, 1.165) is 25.7 Å². The van der Waals surface area contributed by atoms with Crippen LogP contribution in [0.15, 0.2) is 18.3 Å². The number of carbonyl (C=O) groups excluding carboxylic acids is 1. The second kappa shape index (κ2) is 7.46. The lowest BCUT2D eigenvalue weighted by Crippen LogP contribution is -2.49. The van der Waals surface area contributed by atoms with Gasteiger partial charge < -0.3 is 15.4 Å². The first kappa shape index (κ1) is 18.0. The number of hydrogen-bond donors (Lipinski definition) is 2. The van der Waals surface area contributed by atoms with E-state index in [-0.39, 0.29) is 23.6 Å². The van der Waals surface area contributed by atoms with Crippen LogP contribution in [-0.2, 0) is 4.74 Å². The minimum absolute atomic E-state index is 0.0703. The fourth-order valence-electron chi connectivity index (χ4n) is 2.77. The number of alkyl carbamates (subject to hydrolysis) is 1. The number of nitrogens with one attached hydrogen (secondary N) is 2. The molecule has 2 atom stereocenters. The summed E-state index contributed by atoms with van der Waals surface area (Å²) in [7, 11) is 0. The number of ether oxygens (including phenoxy) is 1. The molecule has 24 heavy (non-hydrogen) atoms. The molecule has 0 saturated heterocycles. The van der Waals surface area contributed by atoms with E-state index in [9.17, 15) is 14.9 Å². The van der Waals surface area contributed by atoms with Crippen molar-refractivity contribution in [3.8, 4) is 0 Å². The van der Waals surface area contributed by atoms with E-state index in [2.05, 4.69) is 15.6 Å². The van der Waals surface area contributed by atoms with E-state index >= 15 is 0 Å². The molecule has 1 amide bonds. The van der Waals surface area contributed by atoms with E-state index < -0.39 is 16.6 Å². The number of amides is 1. The van der Waals surface area contributed by atoms with E-state index in [4.69, 9.17) is 4.74 Å². The maximum Gasteiger partial charge on any atom is 0.407 e. The number of pyridine rings is 1. The molecule has 132 valence electrons. The van der Waals surface area contributed by atoms with Gasteiger partial charge in [0.15, 0.2) is 0 Å². The third-order valence-electron chi connectivity index (χ3n) is 3.77. The van der Waals surface area contributed by atoms with Crippen LogP contribution in [0.1, 0.15) is 46.5 Å². The van der Waals surface area contributed by atoms with Gasteiger partial charge in [-0.15, -0.1) is 0 Å². The Bertz CT molecular complexity index is 600. The van der Waals surface area contributed by atoms with Crippen molar-refractivity contribution >= 4 is 17.6 Å². The van der Waals surface area contributed by atoms with Crippen LogP contribution in [-0.4, -0.2) is 33.7 Å². The van der Waals surface area contributed by atoms with Crippen LogP contribution in [0.2, 0.25) is 0 Å². The summed E-state index contributed by atoms with van der Waals surface area (Å²) in [6, 6.07) is 2.66. The molecule has 0 aliphatic heterocycles. The Kier molecular flexibility index (Phi) is 5.58. The summed E-state index contributed by atoms with van der Waals surface area (Å²) in [4.78, 5) is 26.7. The highest BCUT2D eigenvalue weighted by Gasteiger charge is 2.30. The zero-order valence-corrected chi connectivity index (χ0v) is 14.2. The number of aromatic nitrogens is 1. The molecule has 1 heterocycles. The molecule has 0 radical (unpaired) electrons. The van der Waals surface area contributed by atoms with E-state index in [1.807, 2.05) is 0 Å². The van der Waals surface area contributed by atoms with Crippen LogP contribution in [0.4, 0.5) is 16.3 Å². The first-order valence-electron chi connectivity index (χ1n) is 8.12. The lowest BCUT2D eigenvalue weighted by atomic mass is 9.90. The van der Waals surface area contributed by atoms with Crippen LogP contribution in [0.5, 0.6) is 0 Å². The molecule has 2 rings (SSSR count). The van der Waals surface area contributed by atoms with Crippen LogP contribution in [0.25, 0.3) is 0 Å². The van der Waals surface area contributed by atoms with Gasteiger partial charge in [0.2, 0.25) is 5.82 Å². The molecule has 0 unspecified atom stereocenters. The van der Waals surface area contributed by atoms with Crippen LogP contribution in [0, 0.1) is 10.1 Å². The second-order valence-electron chi connectivity index (χ2n) is 6.92. The third-order valence-corrected chi connectivity index (χ3v) is 3.77. The topological polar surface area (TPSA) is 106 Å². The van der Waals surface area contributed by atoms with Gasteiger partial charge in [-0.2, -0.15) is 0 Å². The maximum absolute atomic E-state index is 12.0. The summed E-state index contributed by atoms with van der Waals surface area (Å²) in [5.41, 5.74) is -0.638. The first-order chi connectivity index (χ1) is 11.3. The first-order valence-corrected chi connectivity index (χ1v) is 8.12. The van der Waals surface area contributed by atoms with Gasteiger partial charge in [-0.05, 0) is 39.7 Å². The monoisotopic (exact) mass is 336 g/mol. The summed E-state index contributed by atoms with van der Waals surface area (Å²) in [6.45, 7) is 5.42. The average molecular weight is 336 g/mol. The zero-order valence-electron chi connectivity index (χ0n) is 14.2. The quantitative estimate of drug-likeness (QED) is 0.646. The molecule has 1 saturated carbocycles. The Hall–Kier alpha value is -2.38. The molecule has 1 aromatic heterocycles. The number of carbonyl (C=O) groups is 1. The number of hydrogen-bond acceptors (Lipinski definition) is 6. The Labute approximate surface area is 141 Å². The Balaban J connectivity index is 2.07. The molecule has 2 N–H and O–H groups in total. The van der Waals surface area contributed by atoms with Crippen molar-refractivity contribution in [3.05, 3.63) is 28.4 Å². The molecular formula is C16H24N4O4. The van der Waals surface area contributed by atoms with Gasteiger partial charge in [0, 0.05) is 18.3 Å². The van der Waals surface area contributed by atoms with Crippen molar-refractivity contribution in [3.63, 3.8) is 0 Å². The molecule has 0 aromatic carbocycles. The summed E-state index contributed by atoms with van der Waals surface area (Å²) in [5.74, 6) is 0.227. The molecule has 8 heteroatoms. The van der Waals surface area contributed by atoms with Crippen LogP contribution >= 0.6 is 0 Å². The van der Waals surface area contributed by atoms with Crippen molar-refractivity contribution in [1.29, 1.82) is 0 Å². The Morgan fingerprint density at radius 3 is 2.62 bits per heavy atom.